The number of para-hydroxylation sites is 1. The quantitative estimate of drug-likeness (QED) is 0.689. The lowest BCUT2D eigenvalue weighted by Crippen LogP contribution is -1.99. The number of rotatable bonds is 5. The van der Waals surface area contributed by atoms with Gasteiger partial charge in [-0.05, 0) is 13.0 Å². The van der Waals surface area contributed by atoms with Crippen LogP contribution in [0.4, 0.5) is 0 Å². The Bertz CT molecular complexity index is 355. The summed E-state index contributed by atoms with van der Waals surface area (Å²) in [5.41, 5.74) is 1.03. The molecule has 0 saturated heterocycles. The number of hydrogen-bond donors (Lipinski definition) is 0. The fraction of sp³-hybridized carbons (Fsp3) is 0.417. The van der Waals surface area contributed by atoms with Crippen LogP contribution in [0.25, 0.3) is 4.85 Å². The molecule has 0 aliphatic rings. The third-order valence-electron chi connectivity index (χ3n) is 2.06. The summed E-state index contributed by atoms with van der Waals surface area (Å²) in [6, 6.07) is 5.77. The Hall–Kier alpha value is -1.69. The molecule has 1 rings (SSSR count). The summed E-state index contributed by atoms with van der Waals surface area (Å²) in [7, 11) is 1.62. The van der Waals surface area contributed by atoms with Crippen molar-refractivity contribution in [1.29, 1.82) is 0 Å². The van der Waals surface area contributed by atoms with Gasteiger partial charge in [-0.15, -0.1) is 0 Å². The Kier molecular flexibility index (Phi) is 4.49. The first-order chi connectivity index (χ1) is 7.33. The van der Waals surface area contributed by atoms with Gasteiger partial charge in [0.15, 0.2) is 11.5 Å². The SMILES string of the molecule is [C-]#[N+]CCc1cccc(OCC)c1OC. The molecule has 0 aromatic heterocycles. The third kappa shape index (κ3) is 2.88. The maximum absolute atomic E-state index is 6.77. The van der Waals surface area contributed by atoms with Crippen LogP contribution in [0.15, 0.2) is 18.2 Å². The van der Waals surface area contributed by atoms with Crippen molar-refractivity contribution in [1.82, 2.24) is 0 Å². The first kappa shape index (κ1) is 11.4. The van der Waals surface area contributed by atoms with Crippen molar-refractivity contribution in [2.24, 2.45) is 0 Å². The lowest BCUT2D eigenvalue weighted by Gasteiger charge is -2.12. The summed E-state index contributed by atoms with van der Waals surface area (Å²) in [6.45, 7) is 9.79. The molecule has 80 valence electrons. The fourth-order valence-corrected chi connectivity index (χ4v) is 1.44. The molecule has 3 nitrogen and oxygen atoms in total. The average molecular weight is 205 g/mol. The molecule has 1 aromatic rings. The Labute approximate surface area is 90.5 Å². The van der Waals surface area contributed by atoms with Gasteiger partial charge in [0.1, 0.15) is 0 Å². The van der Waals surface area contributed by atoms with Gasteiger partial charge in [-0.3, -0.25) is 0 Å². The van der Waals surface area contributed by atoms with Gasteiger partial charge in [0, 0.05) is 12.0 Å². The molecule has 0 spiro atoms. The van der Waals surface area contributed by atoms with E-state index in [9.17, 15) is 0 Å². The maximum Gasteiger partial charge on any atom is 0.218 e. The van der Waals surface area contributed by atoms with Crippen LogP contribution < -0.4 is 9.47 Å². The third-order valence-corrected chi connectivity index (χ3v) is 2.06. The number of methoxy groups -OCH3 is 1. The molecular formula is C12H15NO2. The van der Waals surface area contributed by atoms with E-state index >= 15 is 0 Å². The van der Waals surface area contributed by atoms with Gasteiger partial charge < -0.3 is 14.3 Å². The monoisotopic (exact) mass is 205 g/mol. The Balaban J connectivity index is 2.94. The van der Waals surface area contributed by atoms with Crippen molar-refractivity contribution < 1.29 is 9.47 Å². The van der Waals surface area contributed by atoms with Crippen molar-refractivity contribution in [3.63, 3.8) is 0 Å². The molecule has 15 heavy (non-hydrogen) atoms. The first-order valence-electron chi connectivity index (χ1n) is 4.95. The normalized spacial score (nSPS) is 9.40. The molecule has 0 unspecified atom stereocenters. The van der Waals surface area contributed by atoms with Crippen LogP contribution in [0.3, 0.4) is 0 Å². The van der Waals surface area contributed by atoms with E-state index in [0.29, 0.717) is 19.6 Å². The lowest BCUT2D eigenvalue weighted by atomic mass is 10.1. The molecule has 0 amide bonds. The second kappa shape index (κ2) is 5.92. The predicted molar refractivity (Wildman–Crippen MR) is 59.3 cm³/mol. The number of nitrogens with zero attached hydrogens (tertiary/aromatic N) is 1. The van der Waals surface area contributed by atoms with E-state index in [1.165, 1.54) is 0 Å². The van der Waals surface area contributed by atoms with Crippen LogP contribution in [-0.4, -0.2) is 20.3 Å². The van der Waals surface area contributed by atoms with Crippen LogP contribution in [0, 0.1) is 6.57 Å². The van der Waals surface area contributed by atoms with E-state index in [4.69, 9.17) is 16.0 Å². The van der Waals surface area contributed by atoms with Gasteiger partial charge in [0.05, 0.1) is 13.7 Å². The second-order valence-corrected chi connectivity index (χ2v) is 3.01. The van der Waals surface area contributed by atoms with E-state index in [2.05, 4.69) is 4.85 Å². The van der Waals surface area contributed by atoms with Crippen LogP contribution in [-0.2, 0) is 6.42 Å². The standard InChI is InChI=1S/C12H15NO2/c1-4-15-11-7-5-6-10(8-9-13-2)12(11)14-3/h5-7H,4,8-9H2,1,3H3. The Morgan fingerprint density at radius 2 is 2.20 bits per heavy atom. The van der Waals surface area contributed by atoms with Gasteiger partial charge in [0.25, 0.3) is 0 Å². The Morgan fingerprint density at radius 1 is 1.40 bits per heavy atom. The summed E-state index contributed by atoms with van der Waals surface area (Å²) in [5, 5.41) is 0. The van der Waals surface area contributed by atoms with E-state index in [-0.39, 0.29) is 0 Å². The smallest absolute Gasteiger partial charge is 0.218 e. The van der Waals surface area contributed by atoms with Crippen molar-refractivity contribution in [2.45, 2.75) is 13.3 Å². The molecule has 0 saturated carbocycles. The zero-order valence-electron chi connectivity index (χ0n) is 9.12. The van der Waals surface area contributed by atoms with E-state index < -0.39 is 0 Å². The fourth-order valence-electron chi connectivity index (χ4n) is 1.44. The highest BCUT2D eigenvalue weighted by atomic mass is 16.5. The van der Waals surface area contributed by atoms with Crippen molar-refractivity contribution >= 4 is 0 Å². The topological polar surface area (TPSA) is 22.8 Å². The molecule has 0 aliphatic heterocycles. The van der Waals surface area contributed by atoms with Crippen LogP contribution in [0.2, 0.25) is 0 Å². The van der Waals surface area contributed by atoms with Crippen molar-refractivity contribution in [2.75, 3.05) is 20.3 Å². The minimum Gasteiger partial charge on any atom is -0.493 e. The zero-order valence-corrected chi connectivity index (χ0v) is 9.12. The summed E-state index contributed by atoms with van der Waals surface area (Å²) in [4.78, 5) is 3.34. The molecule has 0 N–H and O–H groups in total. The molecule has 3 heteroatoms. The highest BCUT2D eigenvalue weighted by Gasteiger charge is 2.09. The molecular weight excluding hydrogens is 190 g/mol. The van der Waals surface area contributed by atoms with Gasteiger partial charge in [-0.25, -0.2) is 6.57 Å². The molecule has 0 atom stereocenters. The van der Waals surface area contributed by atoms with E-state index in [1.54, 1.807) is 7.11 Å². The van der Waals surface area contributed by atoms with Gasteiger partial charge >= 0.3 is 0 Å². The largest absolute Gasteiger partial charge is 0.493 e. The zero-order chi connectivity index (χ0) is 11.1. The number of hydrogen-bond acceptors (Lipinski definition) is 2. The minimum absolute atomic E-state index is 0.478. The molecule has 1 aromatic carbocycles. The van der Waals surface area contributed by atoms with Crippen LogP contribution in [0.5, 0.6) is 11.5 Å². The molecule has 0 fully saturated rings. The predicted octanol–water partition coefficient (Wildman–Crippen LogP) is 2.56. The average Bonchev–Trinajstić information content (AvgIpc) is 2.27. The molecule has 0 aliphatic carbocycles. The lowest BCUT2D eigenvalue weighted by molar-refractivity contribution is 0.309. The number of ether oxygens (including phenoxy) is 2. The maximum atomic E-state index is 6.77. The van der Waals surface area contributed by atoms with Crippen molar-refractivity contribution in [3.05, 3.63) is 35.2 Å². The Morgan fingerprint density at radius 3 is 2.80 bits per heavy atom. The summed E-state index contributed by atoms with van der Waals surface area (Å²) in [6.07, 6.45) is 0.702. The first-order valence-corrected chi connectivity index (χ1v) is 4.95. The summed E-state index contributed by atoms with van der Waals surface area (Å²) in [5.74, 6) is 1.51. The van der Waals surface area contributed by atoms with Crippen LogP contribution in [0.1, 0.15) is 12.5 Å². The summed E-state index contributed by atoms with van der Waals surface area (Å²) < 4.78 is 10.7. The van der Waals surface area contributed by atoms with Gasteiger partial charge in [-0.1, -0.05) is 12.1 Å². The van der Waals surface area contributed by atoms with Crippen LogP contribution >= 0.6 is 0 Å². The second-order valence-electron chi connectivity index (χ2n) is 3.01. The highest BCUT2D eigenvalue weighted by Crippen LogP contribution is 2.31. The van der Waals surface area contributed by atoms with Crippen molar-refractivity contribution in [3.8, 4) is 11.5 Å². The highest BCUT2D eigenvalue weighted by molar-refractivity contribution is 5.46. The molecule has 0 bridgehead atoms. The molecule has 0 radical (unpaired) electrons. The summed E-state index contributed by atoms with van der Waals surface area (Å²) >= 11 is 0. The number of benzene rings is 1. The molecule has 0 heterocycles. The van der Waals surface area contributed by atoms with E-state index in [1.807, 2.05) is 25.1 Å². The van der Waals surface area contributed by atoms with Gasteiger partial charge in [0.2, 0.25) is 6.54 Å². The van der Waals surface area contributed by atoms with Gasteiger partial charge in [-0.2, -0.15) is 0 Å². The minimum atomic E-state index is 0.478. The van der Waals surface area contributed by atoms with E-state index in [0.717, 1.165) is 17.1 Å².